The Bertz CT molecular complexity index is 693. The fraction of sp³-hybridized carbons (Fsp3) is 0.222. The molecule has 2 aromatic rings. The van der Waals surface area contributed by atoms with Crippen molar-refractivity contribution in [1.29, 1.82) is 0 Å². The van der Waals surface area contributed by atoms with Crippen molar-refractivity contribution in [2.75, 3.05) is 5.32 Å². The highest BCUT2D eigenvalue weighted by atomic mass is 16.5. The van der Waals surface area contributed by atoms with Gasteiger partial charge in [-0.15, -0.1) is 0 Å². The predicted molar refractivity (Wildman–Crippen MR) is 88.0 cm³/mol. The topological polar surface area (TPSA) is 75.6 Å². The summed E-state index contributed by atoms with van der Waals surface area (Å²) in [6.45, 7) is 4.53. The lowest BCUT2D eigenvalue weighted by atomic mass is 10.0. The molecule has 0 saturated carbocycles. The first-order valence-corrected chi connectivity index (χ1v) is 7.30. The van der Waals surface area contributed by atoms with Gasteiger partial charge >= 0.3 is 5.97 Å². The molecule has 2 N–H and O–H groups in total. The van der Waals surface area contributed by atoms with Crippen LogP contribution in [0.3, 0.4) is 0 Å². The Morgan fingerprint density at radius 1 is 1.22 bits per heavy atom. The van der Waals surface area contributed by atoms with Gasteiger partial charge in [-0.25, -0.2) is 4.79 Å². The van der Waals surface area contributed by atoms with E-state index in [0.29, 0.717) is 18.0 Å². The molecular weight excluding hydrogens is 294 g/mol. The molecule has 0 aliphatic heterocycles. The molecule has 0 unspecified atom stereocenters. The molecule has 2 rings (SSSR count). The standard InChI is InChI=1S/C18H19NO4/c1-12(2)14-5-3-13(4-6-14)10-23-17-8-7-15(19-11-20)9-16(17)18(21)22/h3-9,11-12H,10H2,1-2H3,(H,19,20)(H,21,22). The van der Waals surface area contributed by atoms with Gasteiger partial charge in [-0.05, 0) is 35.2 Å². The highest BCUT2D eigenvalue weighted by Gasteiger charge is 2.12. The van der Waals surface area contributed by atoms with Crippen molar-refractivity contribution >= 4 is 18.1 Å². The smallest absolute Gasteiger partial charge is 0.339 e. The van der Waals surface area contributed by atoms with Crippen molar-refractivity contribution < 1.29 is 19.4 Å². The number of hydrogen-bond donors (Lipinski definition) is 2. The van der Waals surface area contributed by atoms with E-state index in [1.54, 1.807) is 6.07 Å². The third-order valence-electron chi connectivity index (χ3n) is 3.48. The summed E-state index contributed by atoms with van der Waals surface area (Å²) in [6, 6.07) is 12.5. The molecule has 0 fully saturated rings. The largest absolute Gasteiger partial charge is 0.488 e. The SMILES string of the molecule is CC(C)c1ccc(COc2ccc(NC=O)cc2C(=O)O)cc1. The number of hydrogen-bond acceptors (Lipinski definition) is 3. The molecule has 0 aliphatic rings. The second-order valence-corrected chi connectivity index (χ2v) is 5.46. The van der Waals surface area contributed by atoms with Crippen LogP contribution >= 0.6 is 0 Å². The molecule has 0 aromatic heterocycles. The van der Waals surface area contributed by atoms with Crippen LogP contribution in [-0.4, -0.2) is 17.5 Å². The van der Waals surface area contributed by atoms with Crippen molar-refractivity contribution in [1.82, 2.24) is 0 Å². The van der Waals surface area contributed by atoms with E-state index in [2.05, 4.69) is 19.2 Å². The van der Waals surface area contributed by atoms with Gasteiger partial charge in [0, 0.05) is 5.69 Å². The monoisotopic (exact) mass is 313 g/mol. The normalized spacial score (nSPS) is 10.4. The summed E-state index contributed by atoms with van der Waals surface area (Å²) in [5.41, 5.74) is 2.62. The fourth-order valence-electron chi connectivity index (χ4n) is 2.14. The van der Waals surface area contributed by atoms with Crippen LogP contribution in [0.1, 0.15) is 41.3 Å². The van der Waals surface area contributed by atoms with Crippen LogP contribution in [0, 0.1) is 0 Å². The maximum atomic E-state index is 11.3. The van der Waals surface area contributed by atoms with Crippen molar-refractivity contribution in [2.45, 2.75) is 26.4 Å². The van der Waals surface area contributed by atoms with E-state index >= 15 is 0 Å². The summed E-state index contributed by atoms with van der Waals surface area (Å²) in [7, 11) is 0. The van der Waals surface area contributed by atoms with Crippen LogP contribution in [0.5, 0.6) is 5.75 Å². The first-order valence-electron chi connectivity index (χ1n) is 7.30. The summed E-state index contributed by atoms with van der Waals surface area (Å²) < 4.78 is 5.62. The molecule has 0 aliphatic carbocycles. The number of rotatable bonds is 7. The first-order chi connectivity index (χ1) is 11.0. The number of benzene rings is 2. The van der Waals surface area contributed by atoms with Crippen molar-refractivity contribution in [3.63, 3.8) is 0 Å². The van der Waals surface area contributed by atoms with Gasteiger partial charge in [-0.2, -0.15) is 0 Å². The van der Waals surface area contributed by atoms with Crippen LogP contribution in [0.15, 0.2) is 42.5 Å². The van der Waals surface area contributed by atoms with E-state index in [0.717, 1.165) is 5.56 Å². The lowest BCUT2D eigenvalue weighted by molar-refractivity contribution is -0.105. The number of carbonyl (C=O) groups is 2. The average molecular weight is 313 g/mol. The molecule has 0 atom stereocenters. The van der Waals surface area contributed by atoms with Crippen molar-refractivity contribution in [3.05, 3.63) is 59.2 Å². The zero-order valence-corrected chi connectivity index (χ0v) is 13.1. The van der Waals surface area contributed by atoms with Gasteiger partial charge in [0.05, 0.1) is 0 Å². The van der Waals surface area contributed by atoms with Crippen LogP contribution in [0.4, 0.5) is 5.69 Å². The Labute approximate surface area is 134 Å². The average Bonchev–Trinajstić information content (AvgIpc) is 2.54. The Hall–Kier alpha value is -2.82. The highest BCUT2D eigenvalue weighted by Crippen LogP contribution is 2.24. The number of amides is 1. The fourth-order valence-corrected chi connectivity index (χ4v) is 2.14. The molecule has 1 amide bonds. The Morgan fingerprint density at radius 2 is 1.91 bits per heavy atom. The van der Waals surface area contributed by atoms with Gasteiger partial charge in [0.15, 0.2) is 0 Å². The van der Waals surface area contributed by atoms with E-state index in [-0.39, 0.29) is 17.9 Å². The molecule has 0 spiro atoms. The minimum Gasteiger partial charge on any atom is -0.488 e. The molecule has 2 aromatic carbocycles. The van der Waals surface area contributed by atoms with E-state index < -0.39 is 5.97 Å². The summed E-state index contributed by atoms with van der Waals surface area (Å²) in [6.07, 6.45) is 0.498. The maximum Gasteiger partial charge on any atom is 0.339 e. The van der Waals surface area contributed by atoms with E-state index in [1.807, 2.05) is 24.3 Å². The van der Waals surface area contributed by atoms with Crippen LogP contribution in [0.2, 0.25) is 0 Å². The molecular formula is C18H19NO4. The molecule has 0 saturated heterocycles. The molecule has 120 valence electrons. The third-order valence-corrected chi connectivity index (χ3v) is 3.48. The van der Waals surface area contributed by atoms with Crippen molar-refractivity contribution in [2.24, 2.45) is 0 Å². The number of aromatic carboxylic acids is 1. The van der Waals surface area contributed by atoms with Crippen LogP contribution in [0.25, 0.3) is 0 Å². The minimum absolute atomic E-state index is 0.00986. The summed E-state index contributed by atoms with van der Waals surface area (Å²) in [5.74, 6) is -0.381. The molecule has 5 heteroatoms. The van der Waals surface area contributed by atoms with Gasteiger partial charge in [0.25, 0.3) is 0 Å². The number of nitrogens with one attached hydrogen (secondary N) is 1. The van der Waals surface area contributed by atoms with Crippen molar-refractivity contribution in [3.8, 4) is 5.75 Å². The highest BCUT2D eigenvalue weighted by molar-refractivity contribution is 5.92. The zero-order valence-electron chi connectivity index (χ0n) is 13.1. The van der Waals surface area contributed by atoms with E-state index in [4.69, 9.17) is 4.74 Å². The van der Waals surface area contributed by atoms with Crippen LogP contribution < -0.4 is 10.1 Å². The van der Waals surface area contributed by atoms with Gasteiger partial charge in [-0.1, -0.05) is 38.1 Å². The first kappa shape index (κ1) is 16.5. The zero-order chi connectivity index (χ0) is 16.8. The predicted octanol–water partition coefficient (Wildman–Crippen LogP) is 3.66. The minimum atomic E-state index is -1.11. The second kappa shape index (κ2) is 7.45. The van der Waals surface area contributed by atoms with Gasteiger partial charge in [0.1, 0.15) is 17.9 Å². The maximum absolute atomic E-state index is 11.3. The Balaban J connectivity index is 2.13. The number of carboxylic acid groups (broad SMARTS) is 1. The lowest BCUT2D eigenvalue weighted by Crippen LogP contribution is -2.05. The van der Waals surface area contributed by atoms with Gasteiger partial charge < -0.3 is 15.2 Å². The summed E-state index contributed by atoms with van der Waals surface area (Å²) in [5, 5.41) is 11.7. The molecule has 23 heavy (non-hydrogen) atoms. The quantitative estimate of drug-likeness (QED) is 0.765. The Kier molecular flexibility index (Phi) is 5.36. The van der Waals surface area contributed by atoms with E-state index in [9.17, 15) is 14.7 Å². The van der Waals surface area contributed by atoms with Gasteiger partial charge in [-0.3, -0.25) is 4.79 Å². The van der Waals surface area contributed by atoms with Gasteiger partial charge in [0.2, 0.25) is 6.41 Å². The Morgan fingerprint density at radius 3 is 2.48 bits per heavy atom. The summed E-state index contributed by atoms with van der Waals surface area (Å²) in [4.78, 5) is 21.7. The van der Waals surface area contributed by atoms with E-state index in [1.165, 1.54) is 17.7 Å². The molecule has 0 bridgehead atoms. The number of ether oxygens (including phenoxy) is 1. The molecule has 0 radical (unpaired) electrons. The number of anilines is 1. The lowest BCUT2D eigenvalue weighted by Gasteiger charge is -2.11. The number of carbonyl (C=O) groups excluding carboxylic acids is 1. The summed E-state index contributed by atoms with van der Waals surface area (Å²) >= 11 is 0. The molecule has 0 heterocycles. The second-order valence-electron chi connectivity index (χ2n) is 5.46. The molecule has 5 nitrogen and oxygen atoms in total. The third kappa shape index (κ3) is 4.32. The number of carboxylic acids is 1. The van der Waals surface area contributed by atoms with Crippen LogP contribution in [-0.2, 0) is 11.4 Å².